The first kappa shape index (κ1) is 21.4. The number of carboxylic acid groups (broad SMARTS) is 1. The summed E-state index contributed by atoms with van der Waals surface area (Å²) in [5.41, 5.74) is 0.548. The van der Waals surface area contributed by atoms with E-state index in [0.29, 0.717) is 5.56 Å². The van der Waals surface area contributed by atoms with Gasteiger partial charge in [-0.15, -0.1) is 0 Å². The highest BCUT2D eigenvalue weighted by Gasteiger charge is 2.46. The number of carbonyl (C=O) groups excluding carboxylic acids is 3. The van der Waals surface area contributed by atoms with E-state index in [-0.39, 0.29) is 18.4 Å². The molecular formula is C20H27N3O5. The number of amides is 4. The Kier molecular flexibility index (Phi) is 5.82. The van der Waals surface area contributed by atoms with Gasteiger partial charge in [0.2, 0.25) is 5.91 Å². The van der Waals surface area contributed by atoms with E-state index in [2.05, 4.69) is 31.4 Å². The first-order valence-corrected chi connectivity index (χ1v) is 9.07. The summed E-state index contributed by atoms with van der Waals surface area (Å²) in [5, 5.41) is 14.1. The number of imide groups is 1. The lowest BCUT2D eigenvalue weighted by molar-refractivity contribution is -0.137. The molecule has 8 heteroatoms. The fourth-order valence-corrected chi connectivity index (χ4v) is 2.99. The second-order valence-electron chi connectivity index (χ2n) is 8.49. The topological polar surface area (TPSA) is 116 Å². The highest BCUT2D eigenvalue weighted by atomic mass is 16.4. The van der Waals surface area contributed by atoms with Crippen LogP contribution in [-0.4, -0.2) is 45.9 Å². The van der Waals surface area contributed by atoms with Crippen molar-refractivity contribution in [3.05, 3.63) is 35.4 Å². The summed E-state index contributed by atoms with van der Waals surface area (Å²) in [6.07, 6.45) is -0.297. The van der Waals surface area contributed by atoms with Crippen LogP contribution in [-0.2, 0) is 19.8 Å². The second kappa shape index (κ2) is 7.61. The zero-order chi connectivity index (χ0) is 21.3. The molecule has 8 nitrogen and oxygen atoms in total. The molecule has 0 radical (unpaired) electrons. The lowest BCUT2D eigenvalue weighted by atomic mass is 9.86. The molecule has 1 fully saturated rings. The van der Waals surface area contributed by atoms with Crippen LogP contribution in [0.15, 0.2) is 24.3 Å². The Balaban J connectivity index is 2.16. The van der Waals surface area contributed by atoms with Gasteiger partial charge in [0, 0.05) is 0 Å². The van der Waals surface area contributed by atoms with Crippen molar-refractivity contribution < 1.29 is 24.3 Å². The molecule has 1 aliphatic heterocycles. The number of carboxylic acids is 1. The molecule has 1 aromatic carbocycles. The molecule has 4 amide bonds. The normalized spacial score (nSPS) is 17.2. The van der Waals surface area contributed by atoms with Crippen LogP contribution < -0.4 is 10.6 Å². The Hall–Kier alpha value is -2.90. The van der Waals surface area contributed by atoms with Crippen LogP contribution in [0.25, 0.3) is 0 Å². The predicted octanol–water partition coefficient (Wildman–Crippen LogP) is 1.95. The number of nitrogens with zero attached hydrogens (tertiary/aromatic N) is 1. The van der Waals surface area contributed by atoms with Gasteiger partial charge in [-0.2, -0.15) is 0 Å². The summed E-state index contributed by atoms with van der Waals surface area (Å²) in [6.45, 7) is 8.95. The maximum atomic E-state index is 12.5. The van der Waals surface area contributed by atoms with Gasteiger partial charge in [0.25, 0.3) is 5.91 Å². The Bertz CT molecular complexity index is 793. The first-order chi connectivity index (χ1) is 12.8. The highest BCUT2D eigenvalue weighted by molar-refractivity contribution is 6.07. The van der Waals surface area contributed by atoms with Gasteiger partial charge in [-0.1, -0.05) is 45.0 Å². The molecule has 0 spiro atoms. The molecule has 1 atom stereocenters. The maximum Gasteiger partial charge on any atom is 0.325 e. The van der Waals surface area contributed by atoms with E-state index in [0.717, 1.165) is 10.5 Å². The lowest BCUT2D eigenvalue weighted by Gasteiger charge is -2.28. The molecule has 0 aromatic heterocycles. The Morgan fingerprint density at radius 1 is 1.18 bits per heavy atom. The molecule has 0 bridgehead atoms. The highest BCUT2D eigenvalue weighted by Crippen LogP contribution is 2.25. The van der Waals surface area contributed by atoms with Gasteiger partial charge in [-0.3, -0.25) is 19.7 Å². The summed E-state index contributed by atoms with van der Waals surface area (Å²) in [6, 6.07) is 6.02. The number of rotatable bonds is 6. The SMILES string of the molecule is CC(C)(C)c1ccc([C@@H](CC(=O)O)NC(=O)CN2C(=O)NC(=O)C2(C)C)cc1. The second-order valence-corrected chi connectivity index (χ2v) is 8.49. The van der Waals surface area contributed by atoms with Gasteiger partial charge in [-0.25, -0.2) is 4.79 Å². The monoisotopic (exact) mass is 389 g/mol. The minimum Gasteiger partial charge on any atom is -0.481 e. The molecule has 1 aliphatic rings. The van der Waals surface area contributed by atoms with E-state index in [1.807, 2.05) is 12.1 Å². The Morgan fingerprint density at radius 2 is 1.75 bits per heavy atom. The number of nitrogens with one attached hydrogen (secondary N) is 2. The molecule has 0 unspecified atom stereocenters. The zero-order valence-electron chi connectivity index (χ0n) is 16.8. The van der Waals surface area contributed by atoms with Crippen molar-refractivity contribution in [1.29, 1.82) is 0 Å². The van der Waals surface area contributed by atoms with E-state index < -0.39 is 35.4 Å². The number of benzene rings is 1. The predicted molar refractivity (Wildman–Crippen MR) is 103 cm³/mol. The number of hydrogen-bond donors (Lipinski definition) is 3. The van der Waals surface area contributed by atoms with Crippen molar-refractivity contribution in [3.63, 3.8) is 0 Å². The van der Waals surface area contributed by atoms with E-state index in [1.54, 1.807) is 26.0 Å². The summed E-state index contributed by atoms with van der Waals surface area (Å²) < 4.78 is 0. The number of hydrogen-bond acceptors (Lipinski definition) is 4. The van der Waals surface area contributed by atoms with Gasteiger partial charge in [0.15, 0.2) is 0 Å². The molecular weight excluding hydrogens is 362 g/mol. The third-order valence-electron chi connectivity index (χ3n) is 4.89. The molecule has 152 valence electrons. The van der Waals surface area contributed by atoms with Crippen molar-refractivity contribution in [2.45, 2.75) is 58.0 Å². The van der Waals surface area contributed by atoms with Crippen LogP contribution >= 0.6 is 0 Å². The van der Waals surface area contributed by atoms with E-state index in [9.17, 15) is 24.3 Å². The minimum atomic E-state index is -1.15. The summed E-state index contributed by atoms with van der Waals surface area (Å²) in [7, 11) is 0. The third kappa shape index (κ3) is 4.68. The van der Waals surface area contributed by atoms with Crippen molar-refractivity contribution in [2.75, 3.05) is 6.54 Å². The Labute approximate surface area is 164 Å². The van der Waals surface area contributed by atoms with Crippen LogP contribution in [0, 0.1) is 0 Å². The molecule has 1 aromatic rings. The van der Waals surface area contributed by atoms with Crippen LogP contribution in [0.4, 0.5) is 4.79 Å². The number of carbonyl (C=O) groups is 4. The Morgan fingerprint density at radius 3 is 2.18 bits per heavy atom. The summed E-state index contributed by atoms with van der Waals surface area (Å²) >= 11 is 0. The maximum absolute atomic E-state index is 12.5. The van der Waals surface area contributed by atoms with Crippen molar-refractivity contribution in [1.82, 2.24) is 15.5 Å². The van der Waals surface area contributed by atoms with Gasteiger partial charge >= 0.3 is 12.0 Å². The van der Waals surface area contributed by atoms with Crippen LogP contribution in [0.2, 0.25) is 0 Å². The smallest absolute Gasteiger partial charge is 0.325 e. The fourth-order valence-electron chi connectivity index (χ4n) is 2.99. The van der Waals surface area contributed by atoms with Crippen molar-refractivity contribution in [2.24, 2.45) is 0 Å². The van der Waals surface area contributed by atoms with Crippen LogP contribution in [0.5, 0.6) is 0 Å². The molecule has 0 aliphatic carbocycles. The molecule has 1 heterocycles. The molecule has 28 heavy (non-hydrogen) atoms. The largest absolute Gasteiger partial charge is 0.481 e. The van der Waals surface area contributed by atoms with Crippen LogP contribution in [0.1, 0.15) is 58.2 Å². The third-order valence-corrected chi connectivity index (χ3v) is 4.89. The van der Waals surface area contributed by atoms with Gasteiger partial charge in [0.05, 0.1) is 12.5 Å². The van der Waals surface area contributed by atoms with Crippen molar-refractivity contribution >= 4 is 23.8 Å². The quantitative estimate of drug-likeness (QED) is 0.643. The van der Waals surface area contributed by atoms with E-state index >= 15 is 0 Å². The molecule has 1 saturated heterocycles. The summed E-state index contributed by atoms with van der Waals surface area (Å²) in [5.74, 6) is -2.08. The number of urea groups is 1. The average molecular weight is 389 g/mol. The van der Waals surface area contributed by atoms with Crippen LogP contribution in [0.3, 0.4) is 0 Å². The molecule has 3 N–H and O–H groups in total. The van der Waals surface area contributed by atoms with E-state index in [4.69, 9.17) is 0 Å². The van der Waals surface area contributed by atoms with Gasteiger partial charge in [-0.05, 0) is 30.4 Å². The molecule has 0 saturated carbocycles. The van der Waals surface area contributed by atoms with E-state index in [1.165, 1.54) is 0 Å². The van der Waals surface area contributed by atoms with Crippen molar-refractivity contribution in [3.8, 4) is 0 Å². The number of aliphatic carboxylic acids is 1. The van der Waals surface area contributed by atoms with Gasteiger partial charge in [0.1, 0.15) is 12.1 Å². The lowest BCUT2D eigenvalue weighted by Crippen LogP contribution is -2.49. The average Bonchev–Trinajstić information content (AvgIpc) is 2.75. The standard InChI is InChI=1S/C20H27N3O5/c1-19(2,3)13-8-6-12(7-9-13)14(10-16(25)26)21-15(24)11-23-18(28)22-17(27)20(23,4)5/h6-9,14H,10-11H2,1-5H3,(H,21,24)(H,25,26)(H,22,27,28)/t14-/m1/s1. The summed E-state index contributed by atoms with van der Waals surface area (Å²) in [4.78, 5) is 48.6. The molecule has 2 rings (SSSR count). The van der Waals surface area contributed by atoms with Gasteiger partial charge < -0.3 is 15.3 Å². The zero-order valence-corrected chi connectivity index (χ0v) is 16.8. The first-order valence-electron chi connectivity index (χ1n) is 9.07. The fraction of sp³-hybridized carbons (Fsp3) is 0.500. The minimum absolute atomic E-state index is 0.0503.